The van der Waals surface area contributed by atoms with Gasteiger partial charge in [-0.3, -0.25) is 0 Å². The molecule has 1 fully saturated rings. The third-order valence-corrected chi connectivity index (χ3v) is 5.79. The number of likely N-dealkylation sites (N-methyl/N-ethyl adjacent to an activating group) is 1. The fourth-order valence-corrected chi connectivity index (χ4v) is 4.56. The molecule has 1 aliphatic rings. The van der Waals surface area contributed by atoms with Gasteiger partial charge >= 0.3 is 0 Å². The van der Waals surface area contributed by atoms with Crippen molar-refractivity contribution in [2.24, 2.45) is 5.92 Å². The first-order valence-electron chi connectivity index (χ1n) is 7.99. The lowest BCUT2D eigenvalue weighted by atomic mass is 9.83. The molecule has 0 aliphatic heterocycles. The highest BCUT2D eigenvalue weighted by molar-refractivity contribution is 7.17. The van der Waals surface area contributed by atoms with E-state index in [0.717, 1.165) is 5.92 Å². The summed E-state index contributed by atoms with van der Waals surface area (Å²) in [6.07, 6.45) is 9.77. The van der Waals surface area contributed by atoms with Gasteiger partial charge in [-0.25, -0.2) is 0 Å². The molecule has 1 aromatic heterocycles. The van der Waals surface area contributed by atoms with Crippen LogP contribution < -0.4 is 5.32 Å². The number of fused-ring (bicyclic) bond motifs is 1. The highest BCUT2D eigenvalue weighted by atomic mass is 32.1. The Balaban J connectivity index is 1.67. The lowest BCUT2D eigenvalue weighted by Gasteiger charge is -2.26. The second kappa shape index (κ2) is 6.73. The summed E-state index contributed by atoms with van der Waals surface area (Å²) < 4.78 is 1.43. The molecule has 0 bridgehead atoms. The SMILES string of the molecule is CNC(Cc1csc2ccccc12)CC1CCCCC1. The maximum Gasteiger partial charge on any atom is 0.0345 e. The molecular weight excluding hydrogens is 262 g/mol. The fraction of sp³-hybridized carbons (Fsp3) is 0.556. The van der Waals surface area contributed by atoms with Crippen molar-refractivity contribution in [3.8, 4) is 0 Å². The van der Waals surface area contributed by atoms with Crippen LogP contribution in [0.2, 0.25) is 0 Å². The summed E-state index contributed by atoms with van der Waals surface area (Å²) in [5.41, 5.74) is 1.53. The van der Waals surface area contributed by atoms with Gasteiger partial charge in [-0.1, -0.05) is 50.3 Å². The molecule has 0 radical (unpaired) electrons. The first-order valence-corrected chi connectivity index (χ1v) is 8.87. The molecule has 0 spiro atoms. The van der Waals surface area contributed by atoms with E-state index in [4.69, 9.17) is 0 Å². The fourth-order valence-electron chi connectivity index (χ4n) is 3.58. The van der Waals surface area contributed by atoms with E-state index in [1.54, 1.807) is 0 Å². The first kappa shape index (κ1) is 14.1. The molecule has 2 heteroatoms. The third kappa shape index (κ3) is 3.24. The summed E-state index contributed by atoms with van der Waals surface area (Å²) in [7, 11) is 2.13. The maximum absolute atomic E-state index is 3.56. The van der Waals surface area contributed by atoms with Gasteiger partial charge in [0.25, 0.3) is 0 Å². The second-order valence-electron chi connectivity index (χ2n) is 6.19. The Labute approximate surface area is 126 Å². The smallest absolute Gasteiger partial charge is 0.0345 e. The molecular formula is C18H25NS. The predicted octanol–water partition coefficient (Wildman–Crippen LogP) is 5.00. The molecule has 1 N–H and O–H groups in total. The molecule has 20 heavy (non-hydrogen) atoms. The summed E-state index contributed by atoms with van der Waals surface area (Å²) in [5, 5.41) is 7.37. The molecule has 2 aromatic rings. The standard InChI is InChI=1S/C18H25NS/c1-19-16(11-14-7-3-2-4-8-14)12-15-13-20-18-10-6-5-9-17(15)18/h5-6,9-10,13-14,16,19H,2-4,7-8,11-12H2,1H3. The molecule has 1 nitrogen and oxygen atoms in total. The first-order chi connectivity index (χ1) is 9.86. The normalized spacial score (nSPS) is 18.4. The van der Waals surface area contributed by atoms with E-state index in [-0.39, 0.29) is 0 Å². The Morgan fingerprint density at radius 2 is 2.00 bits per heavy atom. The van der Waals surface area contributed by atoms with Gasteiger partial charge in [0.2, 0.25) is 0 Å². The highest BCUT2D eigenvalue weighted by Gasteiger charge is 2.19. The van der Waals surface area contributed by atoms with Crippen LogP contribution in [-0.2, 0) is 6.42 Å². The summed E-state index contributed by atoms with van der Waals surface area (Å²) in [6.45, 7) is 0. The minimum Gasteiger partial charge on any atom is -0.317 e. The van der Waals surface area contributed by atoms with Gasteiger partial charge in [-0.15, -0.1) is 11.3 Å². The Morgan fingerprint density at radius 3 is 2.80 bits per heavy atom. The van der Waals surface area contributed by atoms with Crippen molar-refractivity contribution in [2.45, 2.75) is 51.0 Å². The molecule has 0 amide bonds. The average Bonchev–Trinajstić information content (AvgIpc) is 2.91. The molecule has 1 saturated carbocycles. The summed E-state index contributed by atoms with van der Waals surface area (Å²) in [4.78, 5) is 0. The van der Waals surface area contributed by atoms with Gasteiger partial charge in [0.05, 0.1) is 0 Å². The van der Waals surface area contributed by atoms with Crippen LogP contribution in [0.25, 0.3) is 10.1 Å². The van der Waals surface area contributed by atoms with E-state index in [0.29, 0.717) is 6.04 Å². The van der Waals surface area contributed by atoms with E-state index in [2.05, 4.69) is 42.0 Å². The Kier molecular flexibility index (Phi) is 4.74. The van der Waals surface area contributed by atoms with E-state index in [1.807, 2.05) is 11.3 Å². The van der Waals surface area contributed by atoms with Crippen LogP contribution in [0.1, 0.15) is 44.1 Å². The second-order valence-corrected chi connectivity index (χ2v) is 7.10. The van der Waals surface area contributed by atoms with Crippen LogP contribution in [0.15, 0.2) is 29.6 Å². The molecule has 3 rings (SSSR count). The van der Waals surface area contributed by atoms with Crippen molar-refractivity contribution in [1.82, 2.24) is 5.32 Å². The lowest BCUT2D eigenvalue weighted by molar-refractivity contribution is 0.303. The third-order valence-electron chi connectivity index (χ3n) is 4.78. The molecule has 0 saturated heterocycles. The van der Waals surface area contributed by atoms with Gasteiger partial charge in [0.1, 0.15) is 0 Å². The average molecular weight is 287 g/mol. The quantitative estimate of drug-likeness (QED) is 0.816. The highest BCUT2D eigenvalue weighted by Crippen LogP contribution is 2.30. The molecule has 1 unspecified atom stereocenters. The van der Waals surface area contributed by atoms with Gasteiger partial charge in [-0.05, 0) is 48.2 Å². The Hall–Kier alpha value is -0.860. The minimum absolute atomic E-state index is 0.635. The van der Waals surface area contributed by atoms with Crippen LogP contribution in [0.4, 0.5) is 0 Å². The van der Waals surface area contributed by atoms with Gasteiger partial charge in [0, 0.05) is 10.7 Å². The van der Waals surface area contributed by atoms with Crippen molar-refractivity contribution < 1.29 is 0 Å². The van der Waals surface area contributed by atoms with Gasteiger partial charge in [-0.2, -0.15) is 0 Å². The van der Waals surface area contributed by atoms with Crippen LogP contribution in [0.3, 0.4) is 0 Å². The van der Waals surface area contributed by atoms with Crippen molar-refractivity contribution in [1.29, 1.82) is 0 Å². The summed E-state index contributed by atoms with van der Waals surface area (Å²) in [6, 6.07) is 9.44. The molecule has 108 valence electrons. The predicted molar refractivity (Wildman–Crippen MR) is 89.6 cm³/mol. The van der Waals surface area contributed by atoms with Crippen molar-refractivity contribution >= 4 is 21.4 Å². The van der Waals surface area contributed by atoms with Crippen molar-refractivity contribution in [3.05, 3.63) is 35.2 Å². The largest absolute Gasteiger partial charge is 0.317 e. The molecule has 1 atom stereocenters. The van der Waals surface area contributed by atoms with E-state index < -0.39 is 0 Å². The number of rotatable bonds is 5. The summed E-state index contributed by atoms with van der Waals surface area (Å²) in [5.74, 6) is 0.950. The number of thiophene rings is 1. The molecule has 1 heterocycles. The van der Waals surface area contributed by atoms with Crippen LogP contribution in [-0.4, -0.2) is 13.1 Å². The molecule has 1 aliphatic carbocycles. The monoisotopic (exact) mass is 287 g/mol. The Morgan fingerprint density at radius 1 is 1.20 bits per heavy atom. The van der Waals surface area contributed by atoms with Crippen LogP contribution in [0.5, 0.6) is 0 Å². The number of hydrogen-bond donors (Lipinski definition) is 1. The zero-order chi connectivity index (χ0) is 13.8. The van der Waals surface area contributed by atoms with Crippen LogP contribution in [0, 0.1) is 5.92 Å². The Bertz CT molecular complexity index is 539. The topological polar surface area (TPSA) is 12.0 Å². The minimum atomic E-state index is 0.635. The van der Waals surface area contributed by atoms with Gasteiger partial charge in [0.15, 0.2) is 0 Å². The van der Waals surface area contributed by atoms with E-state index in [9.17, 15) is 0 Å². The summed E-state index contributed by atoms with van der Waals surface area (Å²) >= 11 is 1.88. The van der Waals surface area contributed by atoms with Crippen LogP contribution >= 0.6 is 11.3 Å². The number of benzene rings is 1. The number of hydrogen-bond acceptors (Lipinski definition) is 2. The van der Waals surface area contributed by atoms with E-state index >= 15 is 0 Å². The zero-order valence-corrected chi connectivity index (χ0v) is 13.2. The van der Waals surface area contributed by atoms with Crippen molar-refractivity contribution in [3.63, 3.8) is 0 Å². The lowest BCUT2D eigenvalue weighted by Crippen LogP contribution is -2.30. The number of nitrogens with one attached hydrogen (secondary N) is 1. The van der Waals surface area contributed by atoms with E-state index in [1.165, 1.54) is 60.6 Å². The van der Waals surface area contributed by atoms with Crippen molar-refractivity contribution in [2.75, 3.05) is 7.05 Å². The zero-order valence-electron chi connectivity index (χ0n) is 12.4. The maximum atomic E-state index is 3.56. The molecule has 1 aromatic carbocycles. The van der Waals surface area contributed by atoms with Gasteiger partial charge < -0.3 is 5.32 Å².